The van der Waals surface area contributed by atoms with Crippen LogP contribution in [0.1, 0.15) is 9.67 Å². The summed E-state index contributed by atoms with van der Waals surface area (Å²) in [6.45, 7) is 0. The van der Waals surface area contributed by atoms with Gasteiger partial charge in [0, 0.05) is 5.56 Å². The predicted octanol–water partition coefficient (Wildman–Crippen LogP) is 3.34. The summed E-state index contributed by atoms with van der Waals surface area (Å²) in [5.74, 6) is -0.714. The molecule has 1 aromatic heterocycles. The maximum atomic E-state index is 13.1. The number of thiophene rings is 1. The molecule has 16 heavy (non-hydrogen) atoms. The number of hydrogen-bond donors (Lipinski definition) is 0. The van der Waals surface area contributed by atoms with Crippen molar-refractivity contribution in [3.63, 3.8) is 0 Å². The highest BCUT2D eigenvalue weighted by molar-refractivity contribution is 7.12. The van der Waals surface area contributed by atoms with Crippen molar-refractivity contribution in [2.75, 3.05) is 7.11 Å². The van der Waals surface area contributed by atoms with Gasteiger partial charge in [0.2, 0.25) is 0 Å². The molecule has 1 heterocycles. The van der Waals surface area contributed by atoms with Crippen molar-refractivity contribution in [1.82, 2.24) is 0 Å². The average Bonchev–Trinajstić information content (AvgIpc) is 2.77. The third-order valence-electron chi connectivity index (χ3n) is 2.17. The molecule has 0 spiro atoms. The second-order valence-corrected chi connectivity index (χ2v) is 4.08. The molecule has 2 rings (SSSR count). The van der Waals surface area contributed by atoms with Crippen molar-refractivity contribution in [3.05, 3.63) is 46.4 Å². The minimum Gasteiger partial charge on any atom is -0.465 e. The van der Waals surface area contributed by atoms with Gasteiger partial charge in [-0.25, -0.2) is 9.18 Å². The number of ether oxygens (including phenoxy) is 1. The molecule has 0 aliphatic heterocycles. The molecule has 0 fully saturated rings. The largest absolute Gasteiger partial charge is 0.465 e. The van der Waals surface area contributed by atoms with E-state index < -0.39 is 5.97 Å². The van der Waals surface area contributed by atoms with Gasteiger partial charge in [0.1, 0.15) is 10.7 Å². The van der Waals surface area contributed by atoms with Crippen LogP contribution in [0.2, 0.25) is 0 Å². The first-order valence-corrected chi connectivity index (χ1v) is 5.52. The van der Waals surface area contributed by atoms with Gasteiger partial charge in [-0.15, -0.1) is 11.3 Å². The fraction of sp³-hybridized carbons (Fsp3) is 0.0833. The van der Waals surface area contributed by atoms with Crippen molar-refractivity contribution in [2.24, 2.45) is 0 Å². The molecule has 82 valence electrons. The lowest BCUT2D eigenvalue weighted by Crippen LogP contribution is -1.99. The molecule has 0 bridgehead atoms. The standard InChI is InChI=1S/C12H9FO2S/c1-15-12(14)11-10(5-6-16-11)8-3-2-4-9(13)7-8/h2-7H,1H3. The zero-order valence-electron chi connectivity index (χ0n) is 8.57. The Hall–Kier alpha value is -1.68. The second-order valence-electron chi connectivity index (χ2n) is 3.17. The van der Waals surface area contributed by atoms with E-state index in [0.717, 1.165) is 0 Å². The second kappa shape index (κ2) is 4.45. The highest BCUT2D eigenvalue weighted by atomic mass is 32.1. The lowest BCUT2D eigenvalue weighted by atomic mass is 10.1. The van der Waals surface area contributed by atoms with E-state index in [1.165, 1.54) is 30.6 Å². The van der Waals surface area contributed by atoms with Crippen LogP contribution < -0.4 is 0 Å². The molecule has 0 aliphatic carbocycles. The molecule has 0 radical (unpaired) electrons. The Morgan fingerprint density at radius 3 is 2.88 bits per heavy atom. The predicted molar refractivity (Wildman–Crippen MR) is 61.1 cm³/mol. The molecule has 4 heteroatoms. The van der Waals surface area contributed by atoms with Gasteiger partial charge < -0.3 is 4.74 Å². The van der Waals surface area contributed by atoms with Gasteiger partial charge in [-0.1, -0.05) is 12.1 Å². The molecule has 0 saturated heterocycles. The van der Waals surface area contributed by atoms with E-state index in [1.807, 2.05) is 0 Å². The Balaban J connectivity index is 2.48. The number of carbonyl (C=O) groups is 1. The minimum absolute atomic E-state index is 0.320. The first-order valence-electron chi connectivity index (χ1n) is 4.64. The van der Waals surface area contributed by atoms with Crippen LogP contribution in [0.4, 0.5) is 4.39 Å². The number of methoxy groups -OCH3 is 1. The topological polar surface area (TPSA) is 26.3 Å². The number of halogens is 1. The maximum Gasteiger partial charge on any atom is 0.348 e. The van der Waals surface area contributed by atoms with Crippen LogP contribution in [0, 0.1) is 5.82 Å². The zero-order valence-corrected chi connectivity index (χ0v) is 9.38. The smallest absolute Gasteiger partial charge is 0.348 e. The van der Waals surface area contributed by atoms with Crippen molar-refractivity contribution >= 4 is 17.3 Å². The summed E-state index contributed by atoms with van der Waals surface area (Å²) in [6.07, 6.45) is 0. The van der Waals surface area contributed by atoms with Crippen LogP contribution >= 0.6 is 11.3 Å². The lowest BCUT2D eigenvalue weighted by Gasteiger charge is -2.02. The van der Waals surface area contributed by atoms with Gasteiger partial charge in [0.15, 0.2) is 0 Å². The summed E-state index contributed by atoms with van der Waals surface area (Å²) in [5.41, 5.74) is 1.39. The molecule has 0 atom stereocenters. The monoisotopic (exact) mass is 236 g/mol. The molecule has 2 nitrogen and oxygen atoms in total. The molecule has 0 unspecified atom stereocenters. The normalized spacial score (nSPS) is 10.1. The summed E-state index contributed by atoms with van der Waals surface area (Å²) in [7, 11) is 1.33. The Kier molecular flexibility index (Phi) is 3.01. The van der Waals surface area contributed by atoms with Crippen molar-refractivity contribution < 1.29 is 13.9 Å². The summed E-state index contributed by atoms with van der Waals surface area (Å²) in [5, 5.41) is 1.78. The van der Waals surface area contributed by atoms with Gasteiger partial charge >= 0.3 is 5.97 Å². The van der Waals surface area contributed by atoms with Crippen LogP contribution in [0.5, 0.6) is 0 Å². The van der Waals surface area contributed by atoms with Crippen LogP contribution in [0.25, 0.3) is 11.1 Å². The Morgan fingerprint density at radius 1 is 1.38 bits per heavy atom. The van der Waals surface area contributed by atoms with E-state index in [9.17, 15) is 9.18 Å². The van der Waals surface area contributed by atoms with Crippen molar-refractivity contribution in [1.29, 1.82) is 0 Å². The molecular formula is C12H9FO2S. The third-order valence-corrected chi connectivity index (χ3v) is 3.07. The molecule has 0 N–H and O–H groups in total. The minimum atomic E-state index is -0.394. The number of hydrogen-bond acceptors (Lipinski definition) is 3. The summed E-state index contributed by atoms with van der Waals surface area (Å²) in [4.78, 5) is 11.9. The van der Waals surface area contributed by atoms with E-state index in [-0.39, 0.29) is 5.82 Å². The highest BCUT2D eigenvalue weighted by Gasteiger charge is 2.14. The fourth-order valence-corrected chi connectivity index (χ4v) is 2.28. The zero-order chi connectivity index (χ0) is 11.5. The SMILES string of the molecule is COC(=O)c1sccc1-c1cccc(F)c1. The Labute approximate surface area is 96.3 Å². The fourth-order valence-electron chi connectivity index (χ4n) is 1.44. The van der Waals surface area contributed by atoms with E-state index in [4.69, 9.17) is 0 Å². The molecule has 0 saturated carbocycles. The van der Waals surface area contributed by atoms with Crippen LogP contribution in [-0.4, -0.2) is 13.1 Å². The first kappa shape index (κ1) is 10.8. The van der Waals surface area contributed by atoms with E-state index in [1.54, 1.807) is 23.6 Å². The number of rotatable bonds is 2. The van der Waals surface area contributed by atoms with E-state index >= 15 is 0 Å². The van der Waals surface area contributed by atoms with Gasteiger partial charge in [0.25, 0.3) is 0 Å². The van der Waals surface area contributed by atoms with E-state index in [2.05, 4.69) is 4.74 Å². The van der Waals surface area contributed by atoms with E-state index in [0.29, 0.717) is 16.0 Å². The van der Waals surface area contributed by atoms with Crippen molar-refractivity contribution in [3.8, 4) is 11.1 Å². The highest BCUT2D eigenvalue weighted by Crippen LogP contribution is 2.29. The Bertz CT molecular complexity index is 519. The molecule has 0 aliphatic rings. The van der Waals surface area contributed by atoms with Crippen molar-refractivity contribution in [2.45, 2.75) is 0 Å². The average molecular weight is 236 g/mol. The lowest BCUT2D eigenvalue weighted by molar-refractivity contribution is 0.0607. The quantitative estimate of drug-likeness (QED) is 0.747. The summed E-state index contributed by atoms with van der Waals surface area (Å²) in [6, 6.07) is 7.93. The van der Waals surface area contributed by atoms with Gasteiger partial charge in [-0.3, -0.25) is 0 Å². The van der Waals surface area contributed by atoms with Crippen LogP contribution in [0.15, 0.2) is 35.7 Å². The maximum absolute atomic E-state index is 13.1. The van der Waals surface area contributed by atoms with Gasteiger partial charge in [-0.2, -0.15) is 0 Å². The summed E-state index contributed by atoms with van der Waals surface area (Å²) < 4.78 is 17.7. The Morgan fingerprint density at radius 2 is 2.19 bits per heavy atom. The van der Waals surface area contributed by atoms with Gasteiger partial charge in [-0.05, 0) is 29.1 Å². The van der Waals surface area contributed by atoms with Crippen LogP contribution in [-0.2, 0) is 4.74 Å². The number of benzene rings is 1. The third kappa shape index (κ3) is 1.97. The number of esters is 1. The molecular weight excluding hydrogens is 227 g/mol. The molecule has 0 amide bonds. The summed E-state index contributed by atoms with van der Waals surface area (Å²) >= 11 is 1.29. The molecule has 1 aromatic carbocycles. The number of carbonyl (C=O) groups excluding carboxylic acids is 1. The van der Waals surface area contributed by atoms with Gasteiger partial charge in [0.05, 0.1) is 7.11 Å². The first-order chi connectivity index (χ1) is 7.72. The van der Waals surface area contributed by atoms with Crippen LogP contribution in [0.3, 0.4) is 0 Å². The molecule has 2 aromatic rings.